The molecule has 0 radical (unpaired) electrons. The van der Waals surface area contributed by atoms with Gasteiger partial charge in [0.05, 0.1) is 5.69 Å². The molecule has 0 bridgehead atoms. The summed E-state index contributed by atoms with van der Waals surface area (Å²) in [5.74, 6) is -0.414. The fourth-order valence-electron chi connectivity index (χ4n) is 2.54. The van der Waals surface area contributed by atoms with Crippen LogP contribution in [0, 0.1) is 0 Å². The number of imide groups is 1. The van der Waals surface area contributed by atoms with Gasteiger partial charge in [-0.25, -0.2) is 0 Å². The zero-order valence-corrected chi connectivity index (χ0v) is 14.7. The number of piperidine rings is 1. The lowest BCUT2D eigenvalue weighted by molar-refractivity contribution is -0.129. The lowest BCUT2D eigenvalue weighted by atomic mass is 10.1. The largest absolute Gasteiger partial charge is 0.374 e. The Bertz CT molecular complexity index is 616. The number of rotatable bonds is 4. The Labute approximate surface area is 142 Å². The summed E-state index contributed by atoms with van der Waals surface area (Å²) in [7, 11) is 0. The summed E-state index contributed by atoms with van der Waals surface area (Å²) in [5.41, 5.74) is 1.04. The maximum atomic E-state index is 12.1. The van der Waals surface area contributed by atoms with Crippen molar-refractivity contribution in [3.05, 3.63) is 24.3 Å². The second-order valence-electron chi connectivity index (χ2n) is 7.13. The van der Waals surface area contributed by atoms with E-state index in [1.807, 2.05) is 20.8 Å². The van der Waals surface area contributed by atoms with Gasteiger partial charge >= 0.3 is 0 Å². The zero-order chi connectivity index (χ0) is 17.9. The van der Waals surface area contributed by atoms with Gasteiger partial charge in [0.15, 0.2) is 0 Å². The summed E-state index contributed by atoms with van der Waals surface area (Å²) in [6.07, 6.45) is 1.42. The highest BCUT2D eigenvalue weighted by Crippen LogP contribution is 2.23. The normalized spacial score (nSPS) is 16.8. The van der Waals surface area contributed by atoms with E-state index in [2.05, 4.69) is 10.6 Å². The van der Waals surface area contributed by atoms with Gasteiger partial charge in [0.1, 0.15) is 6.04 Å². The van der Waals surface area contributed by atoms with Crippen molar-refractivity contribution in [3.8, 4) is 0 Å². The van der Waals surface area contributed by atoms with Crippen LogP contribution < -0.4 is 15.5 Å². The summed E-state index contributed by atoms with van der Waals surface area (Å²) in [6.45, 7) is 7.57. The quantitative estimate of drug-likeness (QED) is 0.831. The van der Waals surface area contributed by atoms with Gasteiger partial charge in [0.2, 0.25) is 17.7 Å². The van der Waals surface area contributed by atoms with Gasteiger partial charge in [-0.2, -0.15) is 0 Å². The molecule has 1 aromatic carbocycles. The summed E-state index contributed by atoms with van der Waals surface area (Å²) in [6, 6.07) is 6.58. The molecular weight excluding hydrogens is 306 g/mol. The minimum absolute atomic E-state index is 0.0898. The molecule has 1 aliphatic heterocycles. The van der Waals surface area contributed by atoms with Crippen LogP contribution in [0.2, 0.25) is 0 Å². The summed E-state index contributed by atoms with van der Waals surface area (Å²) in [5, 5.41) is 6.03. The van der Waals surface area contributed by atoms with E-state index in [1.165, 1.54) is 4.90 Å². The Morgan fingerprint density at radius 1 is 1.08 bits per heavy atom. The third kappa shape index (κ3) is 4.57. The highest BCUT2D eigenvalue weighted by molar-refractivity contribution is 6.16. The SMILES string of the molecule is CC(Nc1ccc(N2C(=O)CCCC2=O)cc1)C(=O)NC(C)(C)C. The van der Waals surface area contributed by atoms with Gasteiger partial charge in [-0.05, 0) is 58.4 Å². The van der Waals surface area contributed by atoms with Crippen molar-refractivity contribution in [2.45, 2.75) is 58.5 Å². The van der Waals surface area contributed by atoms with Gasteiger partial charge in [-0.1, -0.05) is 0 Å². The molecule has 0 aliphatic carbocycles. The molecule has 1 heterocycles. The molecule has 1 unspecified atom stereocenters. The zero-order valence-electron chi connectivity index (χ0n) is 14.7. The summed E-state index contributed by atoms with van der Waals surface area (Å²) >= 11 is 0. The van der Waals surface area contributed by atoms with Crippen molar-refractivity contribution in [2.24, 2.45) is 0 Å². The molecule has 0 aromatic heterocycles. The lowest BCUT2D eigenvalue weighted by Crippen LogP contribution is -2.47. The number of anilines is 2. The molecule has 0 spiro atoms. The van der Waals surface area contributed by atoms with E-state index >= 15 is 0 Å². The molecule has 1 saturated heterocycles. The predicted octanol–water partition coefficient (Wildman–Crippen LogP) is 2.45. The van der Waals surface area contributed by atoms with Crippen LogP contribution >= 0.6 is 0 Å². The fourth-order valence-corrected chi connectivity index (χ4v) is 2.54. The van der Waals surface area contributed by atoms with Crippen LogP contribution in [0.5, 0.6) is 0 Å². The first kappa shape index (κ1) is 18.0. The highest BCUT2D eigenvalue weighted by Gasteiger charge is 2.27. The number of nitrogens with one attached hydrogen (secondary N) is 2. The van der Waals surface area contributed by atoms with E-state index in [1.54, 1.807) is 31.2 Å². The molecule has 6 heteroatoms. The maximum absolute atomic E-state index is 12.1. The lowest BCUT2D eigenvalue weighted by Gasteiger charge is -2.26. The number of carbonyl (C=O) groups excluding carboxylic acids is 3. The Morgan fingerprint density at radius 2 is 1.62 bits per heavy atom. The molecule has 3 amide bonds. The molecule has 1 atom stereocenters. The number of carbonyl (C=O) groups is 3. The van der Waals surface area contributed by atoms with Gasteiger partial charge < -0.3 is 10.6 Å². The summed E-state index contributed by atoms with van der Waals surface area (Å²) in [4.78, 5) is 37.2. The number of hydrogen-bond acceptors (Lipinski definition) is 4. The van der Waals surface area contributed by atoms with Crippen molar-refractivity contribution in [3.63, 3.8) is 0 Å². The average molecular weight is 331 g/mol. The number of nitrogens with zero attached hydrogens (tertiary/aromatic N) is 1. The van der Waals surface area contributed by atoms with Gasteiger partial charge in [-0.15, -0.1) is 0 Å². The molecule has 1 fully saturated rings. The first-order chi connectivity index (χ1) is 11.2. The molecule has 130 valence electrons. The topological polar surface area (TPSA) is 78.5 Å². The molecule has 1 aromatic rings. The van der Waals surface area contributed by atoms with E-state index in [0.29, 0.717) is 24.9 Å². The molecule has 0 saturated carbocycles. The molecule has 24 heavy (non-hydrogen) atoms. The second-order valence-corrected chi connectivity index (χ2v) is 7.13. The Balaban J connectivity index is 2.03. The number of amides is 3. The van der Waals surface area contributed by atoms with Crippen LogP contribution in [0.25, 0.3) is 0 Å². The van der Waals surface area contributed by atoms with Gasteiger partial charge in [0.25, 0.3) is 0 Å². The Morgan fingerprint density at radius 3 is 2.12 bits per heavy atom. The van der Waals surface area contributed by atoms with E-state index < -0.39 is 6.04 Å². The van der Waals surface area contributed by atoms with E-state index in [0.717, 1.165) is 5.69 Å². The number of hydrogen-bond donors (Lipinski definition) is 2. The third-order valence-electron chi connectivity index (χ3n) is 3.68. The molecule has 2 N–H and O–H groups in total. The van der Waals surface area contributed by atoms with Crippen LogP contribution in [0.4, 0.5) is 11.4 Å². The average Bonchev–Trinajstić information content (AvgIpc) is 2.47. The first-order valence-corrected chi connectivity index (χ1v) is 8.22. The van der Waals surface area contributed by atoms with Crippen molar-refractivity contribution in [1.29, 1.82) is 0 Å². The van der Waals surface area contributed by atoms with Crippen LogP contribution in [-0.2, 0) is 14.4 Å². The minimum atomic E-state index is -0.395. The second kappa shape index (κ2) is 7.03. The Kier molecular flexibility index (Phi) is 5.26. The first-order valence-electron chi connectivity index (χ1n) is 8.22. The monoisotopic (exact) mass is 331 g/mol. The fraction of sp³-hybridized carbons (Fsp3) is 0.500. The van der Waals surface area contributed by atoms with Crippen molar-refractivity contribution < 1.29 is 14.4 Å². The van der Waals surface area contributed by atoms with Gasteiger partial charge in [0, 0.05) is 24.1 Å². The maximum Gasteiger partial charge on any atom is 0.242 e. The van der Waals surface area contributed by atoms with E-state index in [4.69, 9.17) is 0 Å². The molecule has 2 rings (SSSR count). The third-order valence-corrected chi connectivity index (χ3v) is 3.68. The highest BCUT2D eigenvalue weighted by atomic mass is 16.2. The van der Waals surface area contributed by atoms with Crippen LogP contribution in [-0.4, -0.2) is 29.3 Å². The van der Waals surface area contributed by atoms with E-state index in [-0.39, 0.29) is 23.3 Å². The van der Waals surface area contributed by atoms with Crippen LogP contribution in [0.15, 0.2) is 24.3 Å². The van der Waals surface area contributed by atoms with E-state index in [9.17, 15) is 14.4 Å². The molecule has 6 nitrogen and oxygen atoms in total. The Hall–Kier alpha value is -2.37. The van der Waals surface area contributed by atoms with Crippen LogP contribution in [0.1, 0.15) is 47.0 Å². The van der Waals surface area contributed by atoms with Crippen molar-refractivity contribution in [2.75, 3.05) is 10.2 Å². The van der Waals surface area contributed by atoms with Gasteiger partial charge in [-0.3, -0.25) is 19.3 Å². The van der Waals surface area contributed by atoms with Crippen LogP contribution in [0.3, 0.4) is 0 Å². The molecule has 1 aliphatic rings. The van der Waals surface area contributed by atoms with Crippen molar-refractivity contribution >= 4 is 29.1 Å². The summed E-state index contributed by atoms with van der Waals surface area (Å²) < 4.78 is 0. The standard InChI is InChI=1S/C18H25N3O3/c1-12(17(24)20-18(2,3)4)19-13-8-10-14(11-9-13)21-15(22)6-5-7-16(21)23/h8-12,19H,5-7H2,1-4H3,(H,20,24). The predicted molar refractivity (Wildman–Crippen MR) is 93.8 cm³/mol. The van der Waals surface area contributed by atoms with Crippen molar-refractivity contribution in [1.82, 2.24) is 5.32 Å². The number of benzene rings is 1. The smallest absolute Gasteiger partial charge is 0.242 e. The molecular formula is C18H25N3O3. The minimum Gasteiger partial charge on any atom is -0.374 e.